The zero-order valence-electron chi connectivity index (χ0n) is 11.5. The average Bonchev–Trinajstić information content (AvgIpc) is 2.35. The van der Waals surface area contributed by atoms with Crippen LogP contribution in [0, 0.1) is 0 Å². The SMILES string of the molecule is CCCC(C)(O)COc1cccc(CCCN)c1. The quantitative estimate of drug-likeness (QED) is 0.746. The number of aryl methyl sites for hydroxylation is 1. The van der Waals surface area contributed by atoms with E-state index in [1.54, 1.807) is 0 Å². The van der Waals surface area contributed by atoms with Gasteiger partial charge in [0.2, 0.25) is 0 Å². The molecule has 0 aliphatic heterocycles. The lowest BCUT2D eigenvalue weighted by atomic mass is 10.0. The Morgan fingerprint density at radius 2 is 2.17 bits per heavy atom. The summed E-state index contributed by atoms with van der Waals surface area (Å²) in [6, 6.07) is 8.01. The Bertz CT molecular complexity index is 350. The first-order valence-electron chi connectivity index (χ1n) is 6.71. The Labute approximate surface area is 110 Å². The van der Waals surface area contributed by atoms with Crippen molar-refractivity contribution in [2.24, 2.45) is 5.73 Å². The molecule has 0 aliphatic rings. The van der Waals surface area contributed by atoms with Crippen LogP contribution in [-0.2, 0) is 6.42 Å². The highest BCUT2D eigenvalue weighted by Crippen LogP contribution is 2.18. The number of benzene rings is 1. The van der Waals surface area contributed by atoms with Crippen molar-refractivity contribution in [3.05, 3.63) is 29.8 Å². The molecular formula is C15H25NO2. The van der Waals surface area contributed by atoms with Crippen LogP contribution >= 0.6 is 0 Å². The summed E-state index contributed by atoms with van der Waals surface area (Å²) >= 11 is 0. The van der Waals surface area contributed by atoms with Gasteiger partial charge in [-0.3, -0.25) is 0 Å². The molecule has 1 unspecified atom stereocenters. The van der Waals surface area contributed by atoms with Crippen LogP contribution in [0.25, 0.3) is 0 Å². The molecule has 1 atom stereocenters. The van der Waals surface area contributed by atoms with E-state index in [4.69, 9.17) is 10.5 Å². The molecule has 1 aromatic rings. The minimum Gasteiger partial charge on any atom is -0.491 e. The van der Waals surface area contributed by atoms with Crippen molar-refractivity contribution in [3.8, 4) is 5.75 Å². The summed E-state index contributed by atoms with van der Waals surface area (Å²) in [7, 11) is 0. The van der Waals surface area contributed by atoms with Crippen LogP contribution in [0.5, 0.6) is 5.75 Å². The van der Waals surface area contributed by atoms with Crippen LogP contribution in [-0.4, -0.2) is 23.9 Å². The van der Waals surface area contributed by atoms with Crippen LogP contribution in [0.1, 0.15) is 38.7 Å². The number of nitrogens with two attached hydrogens (primary N) is 1. The van der Waals surface area contributed by atoms with Gasteiger partial charge < -0.3 is 15.6 Å². The van der Waals surface area contributed by atoms with E-state index in [0.717, 1.165) is 31.4 Å². The number of ether oxygens (including phenoxy) is 1. The molecular weight excluding hydrogens is 226 g/mol. The molecule has 0 amide bonds. The Kier molecular flexibility index (Phi) is 6.16. The van der Waals surface area contributed by atoms with Gasteiger partial charge in [-0.25, -0.2) is 0 Å². The maximum absolute atomic E-state index is 10.0. The summed E-state index contributed by atoms with van der Waals surface area (Å²) in [5.41, 5.74) is 5.98. The lowest BCUT2D eigenvalue weighted by Gasteiger charge is -2.22. The van der Waals surface area contributed by atoms with Gasteiger partial charge in [-0.15, -0.1) is 0 Å². The van der Waals surface area contributed by atoms with Gasteiger partial charge in [0.25, 0.3) is 0 Å². The van der Waals surface area contributed by atoms with Gasteiger partial charge in [-0.1, -0.05) is 25.5 Å². The molecule has 0 bridgehead atoms. The fourth-order valence-corrected chi connectivity index (χ4v) is 1.95. The first-order chi connectivity index (χ1) is 8.57. The third-order valence-electron chi connectivity index (χ3n) is 2.91. The predicted octanol–water partition coefficient (Wildman–Crippen LogP) is 2.51. The van der Waals surface area contributed by atoms with E-state index in [9.17, 15) is 5.11 Å². The summed E-state index contributed by atoms with van der Waals surface area (Å²) in [5, 5.41) is 10.0. The first kappa shape index (κ1) is 15.0. The maximum atomic E-state index is 10.0. The Morgan fingerprint density at radius 1 is 1.39 bits per heavy atom. The Morgan fingerprint density at radius 3 is 2.83 bits per heavy atom. The molecule has 0 aromatic heterocycles. The van der Waals surface area contributed by atoms with Crippen molar-refractivity contribution < 1.29 is 9.84 Å². The summed E-state index contributed by atoms with van der Waals surface area (Å²) in [6.45, 7) is 4.91. The van der Waals surface area contributed by atoms with E-state index in [2.05, 4.69) is 13.0 Å². The molecule has 0 fully saturated rings. The van der Waals surface area contributed by atoms with Crippen molar-refractivity contribution in [1.82, 2.24) is 0 Å². The van der Waals surface area contributed by atoms with Crippen molar-refractivity contribution >= 4 is 0 Å². The van der Waals surface area contributed by atoms with Crippen molar-refractivity contribution in [3.63, 3.8) is 0 Å². The molecule has 3 nitrogen and oxygen atoms in total. The van der Waals surface area contributed by atoms with Crippen molar-refractivity contribution in [2.45, 2.75) is 45.1 Å². The van der Waals surface area contributed by atoms with Gasteiger partial charge in [0, 0.05) is 0 Å². The standard InChI is InChI=1S/C15H25NO2/c1-3-9-15(2,17)12-18-14-8-4-6-13(11-14)7-5-10-16/h4,6,8,11,17H,3,5,7,9-10,12,16H2,1-2H3. The number of hydrogen-bond donors (Lipinski definition) is 2. The highest BCUT2D eigenvalue weighted by molar-refractivity contribution is 5.28. The molecule has 0 heterocycles. The highest BCUT2D eigenvalue weighted by Gasteiger charge is 2.19. The number of rotatable bonds is 8. The smallest absolute Gasteiger partial charge is 0.119 e. The zero-order chi connectivity index (χ0) is 13.4. The van der Waals surface area contributed by atoms with Gasteiger partial charge in [0.1, 0.15) is 12.4 Å². The Balaban J connectivity index is 2.51. The maximum Gasteiger partial charge on any atom is 0.119 e. The average molecular weight is 251 g/mol. The summed E-state index contributed by atoms with van der Waals surface area (Å²) < 4.78 is 5.66. The van der Waals surface area contributed by atoms with Crippen LogP contribution in [0.4, 0.5) is 0 Å². The lowest BCUT2D eigenvalue weighted by molar-refractivity contribution is 0.00382. The summed E-state index contributed by atoms with van der Waals surface area (Å²) in [6.07, 6.45) is 3.66. The third-order valence-corrected chi connectivity index (χ3v) is 2.91. The Hall–Kier alpha value is -1.06. The largest absolute Gasteiger partial charge is 0.491 e. The molecule has 0 saturated heterocycles. The zero-order valence-corrected chi connectivity index (χ0v) is 11.5. The minimum atomic E-state index is -0.748. The second-order valence-corrected chi connectivity index (χ2v) is 5.08. The van der Waals surface area contributed by atoms with Crippen LogP contribution in [0.15, 0.2) is 24.3 Å². The highest BCUT2D eigenvalue weighted by atomic mass is 16.5. The minimum absolute atomic E-state index is 0.335. The van der Waals surface area contributed by atoms with Crippen molar-refractivity contribution in [2.75, 3.05) is 13.2 Å². The molecule has 1 rings (SSSR count). The summed E-state index contributed by atoms with van der Waals surface area (Å²) in [5.74, 6) is 0.820. The second kappa shape index (κ2) is 7.39. The third kappa shape index (κ3) is 5.52. The lowest BCUT2D eigenvalue weighted by Crippen LogP contribution is -2.31. The number of hydrogen-bond acceptors (Lipinski definition) is 3. The van der Waals surface area contributed by atoms with E-state index in [0.29, 0.717) is 13.2 Å². The van der Waals surface area contributed by atoms with E-state index >= 15 is 0 Å². The van der Waals surface area contributed by atoms with Crippen LogP contribution in [0.3, 0.4) is 0 Å². The molecule has 3 N–H and O–H groups in total. The van der Waals surface area contributed by atoms with E-state index in [1.807, 2.05) is 25.1 Å². The normalized spacial score (nSPS) is 14.2. The van der Waals surface area contributed by atoms with Crippen LogP contribution < -0.4 is 10.5 Å². The molecule has 0 saturated carbocycles. The van der Waals surface area contributed by atoms with Gasteiger partial charge in [-0.05, 0) is 50.4 Å². The molecule has 18 heavy (non-hydrogen) atoms. The molecule has 0 radical (unpaired) electrons. The molecule has 0 aliphatic carbocycles. The van der Waals surface area contributed by atoms with Gasteiger partial charge in [0.15, 0.2) is 0 Å². The van der Waals surface area contributed by atoms with Crippen molar-refractivity contribution in [1.29, 1.82) is 0 Å². The van der Waals surface area contributed by atoms with E-state index < -0.39 is 5.60 Å². The topological polar surface area (TPSA) is 55.5 Å². The number of aliphatic hydroxyl groups is 1. The van der Waals surface area contributed by atoms with Gasteiger partial charge in [0.05, 0.1) is 5.60 Å². The fourth-order valence-electron chi connectivity index (χ4n) is 1.95. The molecule has 0 spiro atoms. The molecule has 1 aromatic carbocycles. The van der Waals surface area contributed by atoms with Gasteiger partial charge in [-0.2, -0.15) is 0 Å². The second-order valence-electron chi connectivity index (χ2n) is 5.08. The van der Waals surface area contributed by atoms with Crippen LogP contribution in [0.2, 0.25) is 0 Å². The summed E-state index contributed by atoms with van der Waals surface area (Å²) in [4.78, 5) is 0. The first-order valence-corrected chi connectivity index (χ1v) is 6.71. The van der Waals surface area contributed by atoms with Gasteiger partial charge >= 0.3 is 0 Å². The molecule has 3 heteroatoms. The van der Waals surface area contributed by atoms with E-state index in [1.165, 1.54) is 5.56 Å². The van der Waals surface area contributed by atoms with E-state index in [-0.39, 0.29) is 0 Å². The predicted molar refractivity (Wildman–Crippen MR) is 74.8 cm³/mol. The monoisotopic (exact) mass is 251 g/mol. The fraction of sp³-hybridized carbons (Fsp3) is 0.600. The molecule has 102 valence electrons.